The lowest BCUT2D eigenvalue weighted by molar-refractivity contribution is 0.140. The van der Waals surface area contributed by atoms with E-state index in [0.717, 1.165) is 52.1 Å². The molecule has 148 valence electrons. The highest BCUT2D eigenvalue weighted by molar-refractivity contribution is 9.10. The van der Waals surface area contributed by atoms with Crippen molar-refractivity contribution < 1.29 is 9.90 Å². The standard InChI is InChI=1S/C20H23BrN4O3/c1-23(20(27)28)11-12-3-6-14(7-4-12)25-18-15-9-13(21)5-8-16(15)22-10-17(18)24(2)19(25)26/h5,8-10,12,14H,3-4,6-7,11H2,1-2H3,(H,27,28)/t12-,14-. The molecule has 1 amide bonds. The first-order valence-electron chi connectivity index (χ1n) is 9.46. The van der Waals surface area contributed by atoms with Gasteiger partial charge in [0.25, 0.3) is 0 Å². The number of imidazole rings is 1. The van der Waals surface area contributed by atoms with Gasteiger partial charge < -0.3 is 10.0 Å². The number of aryl methyl sites for hydroxylation is 1. The van der Waals surface area contributed by atoms with Gasteiger partial charge in [-0.2, -0.15) is 0 Å². The molecule has 0 aliphatic heterocycles. The number of amides is 1. The van der Waals surface area contributed by atoms with E-state index in [2.05, 4.69) is 20.9 Å². The molecule has 0 atom stereocenters. The first-order chi connectivity index (χ1) is 13.4. The molecule has 4 rings (SSSR count). The van der Waals surface area contributed by atoms with E-state index in [4.69, 9.17) is 5.11 Å². The largest absolute Gasteiger partial charge is 0.465 e. The first kappa shape index (κ1) is 19.0. The fraction of sp³-hybridized carbons (Fsp3) is 0.450. The van der Waals surface area contributed by atoms with Gasteiger partial charge in [-0.15, -0.1) is 0 Å². The third-order valence-electron chi connectivity index (χ3n) is 5.92. The minimum Gasteiger partial charge on any atom is -0.465 e. The molecule has 7 nitrogen and oxygen atoms in total. The van der Waals surface area contributed by atoms with Crippen LogP contribution >= 0.6 is 15.9 Å². The summed E-state index contributed by atoms with van der Waals surface area (Å²) in [5, 5.41) is 10.1. The van der Waals surface area contributed by atoms with Crippen LogP contribution in [-0.4, -0.2) is 43.8 Å². The topological polar surface area (TPSA) is 80.4 Å². The summed E-state index contributed by atoms with van der Waals surface area (Å²) in [6, 6.07) is 6.05. The number of benzene rings is 1. The Morgan fingerprint density at radius 3 is 2.71 bits per heavy atom. The van der Waals surface area contributed by atoms with Gasteiger partial charge >= 0.3 is 11.8 Å². The third kappa shape index (κ3) is 3.19. The van der Waals surface area contributed by atoms with E-state index in [9.17, 15) is 9.59 Å². The molecule has 0 saturated heterocycles. The maximum atomic E-state index is 13.1. The molecule has 1 N–H and O–H groups in total. The van der Waals surface area contributed by atoms with Gasteiger partial charge in [0.15, 0.2) is 0 Å². The molecule has 2 aromatic heterocycles. The number of rotatable bonds is 3. The van der Waals surface area contributed by atoms with Crippen molar-refractivity contribution in [3.05, 3.63) is 39.4 Å². The number of pyridine rings is 1. The molecule has 0 bridgehead atoms. The van der Waals surface area contributed by atoms with Crippen molar-refractivity contribution in [2.75, 3.05) is 13.6 Å². The Morgan fingerprint density at radius 2 is 2.04 bits per heavy atom. The number of hydrogen-bond acceptors (Lipinski definition) is 3. The molecule has 2 heterocycles. The van der Waals surface area contributed by atoms with Crippen LogP contribution in [0.4, 0.5) is 4.79 Å². The molecule has 0 radical (unpaired) electrons. The molecule has 1 aromatic carbocycles. The van der Waals surface area contributed by atoms with Gasteiger partial charge in [0.05, 0.1) is 22.7 Å². The zero-order valence-electron chi connectivity index (χ0n) is 15.9. The van der Waals surface area contributed by atoms with E-state index in [1.165, 1.54) is 4.90 Å². The normalized spacial score (nSPS) is 20.0. The highest BCUT2D eigenvalue weighted by atomic mass is 79.9. The molecule has 0 unspecified atom stereocenters. The highest BCUT2D eigenvalue weighted by Gasteiger charge is 2.28. The molecule has 1 aliphatic rings. The predicted octanol–water partition coefficient (Wildman–Crippen LogP) is 3.99. The number of hydrogen-bond donors (Lipinski definition) is 1. The second-order valence-corrected chi connectivity index (χ2v) is 8.62. The minimum atomic E-state index is -0.892. The lowest BCUT2D eigenvalue weighted by Gasteiger charge is -2.31. The summed E-state index contributed by atoms with van der Waals surface area (Å²) in [6.45, 7) is 0.548. The Morgan fingerprint density at radius 1 is 1.32 bits per heavy atom. The van der Waals surface area contributed by atoms with Crippen LogP contribution in [0.5, 0.6) is 0 Å². The summed E-state index contributed by atoms with van der Waals surface area (Å²) in [4.78, 5) is 30.0. The highest BCUT2D eigenvalue weighted by Crippen LogP contribution is 2.35. The van der Waals surface area contributed by atoms with Gasteiger partial charge in [0.2, 0.25) is 0 Å². The van der Waals surface area contributed by atoms with Crippen molar-refractivity contribution in [2.45, 2.75) is 31.7 Å². The third-order valence-corrected chi connectivity index (χ3v) is 6.41. The van der Waals surface area contributed by atoms with Gasteiger partial charge in [-0.1, -0.05) is 15.9 Å². The summed E-state index contributed by atoms with van der Waals surface area (Å²) < 4.78 is 4.56. The minimum absolute atomic E-state index is 0.0182. The summed E-state index contributed by atoms with van der Waals surface area (Å²) in [6.07, 6.45) is 4.45. The van der Waals surface area contributed by atoms with Crippen molar-refractivity contribution in [3.8, 4) is 0 Å². The van der Waals surface area contributed by atoms with Crippen LogP contribution in [-0.2, 0) is 7.05 Å². The molecule has 8 heteroatoms. The lowest BCUT2D eigenvalue weighted by atomic mass is 9.85. The van der Waals surface area contributed by atoms with Gasteiger partial charge in [-0.3, -0.25) is 14.1 Å². The molecule has 0 spiro atoms. The number of aromatic nitrogens is 3. The summed E-state index contributed by atoms with van der Waals surface area (Å²) in [5.74, 6) is 0.343. The van der Waals surface area contributed by atoms with Crippen LogP contribution in [0.15, 0.2) is 33.7 Å². The van der Waals surface area contributed by atoms with Gasteiger partial charge in [-0.05, 0) is 49.8 Å². The Bertz CT molecular complexity index is 1110. The molecule has 1 saturated carbocycles. The SMILES string of the molecule is CN(C[C@H]1CC[C@H](n2c(=O)n(C)c3cnc4ccc(Br)cc4c32)CC1)C(=O)O. The van der Waals surface area contributed by atoms with Crippen LogP contribution < -0.4 is 5.69 Å². The number of carboxylic acid groups (broad SMARTS) is 1. The molecule has 28 heavy (non-hydrogen) atoms. The van der Waals surface area contributed by atoms with Crippen LogP contribution in [0, 0.1) is 5.92 Å². The predicted molar refractivity (Wildman–Crippen MR) is 112 cm³/mol. The van der Waals surface area contributed by atoms with E-state index in [1.54, 1.807) is 24.9 Å². The van der Waals surface area contributed by atoms with Crippen LogP contribution in [0.1, 0.15) is 31.7 Å². The van der Waals surface area contributed by atoms with Crippen LogP contribution in [0.2, 0.25) is 0 Å². The molecule has 1 aliphatic carbocycles. The van der Waals surface area contributed by atoms with E-state index in [-0.39, 0.29) is 11.7 Å². The van der Waals surface area contributed by atoms with E-state index in [0.29, 0.717) is 12.5 Å². The van der Waals surface area contributed by atoms with Crippen LogP contribution in [0.25, 0.3) is 21.9 Å². The first-order valence-corrected chi connectivity index (χ1v) is 10.3. The van der Waals surface area contributed by atoms with E-state index in [1.807, 2.05) is 22.8 Å². The number of halogens is 1. The fourth-order valence-corrected chi connectivity index (χ4v) is 4.75. The maximum absolute atomic E-state index is 13.1. The number of fused-ring (bicyclic) bond motifs is 3. The second-order valence-electron chi connectivity index (χ2n) is 7.70. The monoisotopic (exact) mass is 446 g/mol. The number of nitrogens with zero attached hydrogens (tertiary/aromatic N) is 4. The quantitative estimate of drug-likeness (QED) is 0.659. The van der Waals surface area contributed by atoms with Crippen molar-refractivity contribution in [1.82, 2.24) is 19.0 Å². The second kappa shape index (κ2) is 7.24. The Hall–Kier alpha value is -2.35. The Balaban J connectivity index is 1.72. The Labute approximate surface area is 170 Å². The smallest absolute Gasteiger partial charge is 0.407 e. The summed E-state index contributed by atoms with van der Waals surface area (Å²) in [7, 11) is 3.40. The summed E-state index contributed by atoms with van der Waals surface area (Å²) in [5.41, 5.74) is 2.62. The molecule has 3 aromatic rings. The zero-order valence-corrected chi connectivity index (χ0v) is 17.5. The Kier molecular flexibility index (Phi) is 4.91. The molecular weight excluding hydrogens is 424 g/mol. The van der Waals surface area contributed by atoms with E-state index >= 15 is 0 Å². The summed E-state index contributed by atoms with van der Waals surface area (Å²) >= 11 is 3.53. The number of carbonyl (C=O) groups is 1. The van der Waals surface area contributed by atoms with Crippen molar-refractivity contribution in [1.29, 1.82) is 0 Å². The van der Waals surface area contributed by atoms with Crippen molar-refractivity contribution in [3.63, 3.8) is 0 Å². The van der Waals surface area contributed by atoms with Gasteiger partial charge in [0, 0.05) is 36.5 Å². The van der Waals surface area contributed by atoms with Gasteiger partial charge in [0.1, 0.15) is 0 Å². The lowest BCUT2D eigenvalue weighted by Crippen LogP contribution is -2.34. The molecule has 1 fully saturated rings. The van der Waals surface area contributed by atoms with E-state index < -0.39 is 6.09 Å². The van der Waals surface area contributed by atoms with Crippen LogP contribution in [0.3, 0.4) is 0 Å². The molecular formula is C20H23BrN4O3. The maximum Gasteiger partial charge on any atom is 0.407 e. The average Bonchev–Trinajstić information content (AvgIpc) is 2.93. The van der Waals surface area contributed by atoms with Crippen molar-refractivity contribution in [2.24, 2.45) is 13.0 Å². The fourth-order valence-electron chi connectivity index (χ4n) is 4.39. The zero-order chi connectivity index (χ0) is 20.0. The van der Waals surface area contributed by atoms with Gasteiger partial charge in [-0.25, -0.2) is 9.59 Å². The van der Waals surface area contributed by atoms with Crippen molar-refractivity contribution >= 4 is 44.0 Å². The average molecular weight is 447 g/mol.